The maximum Gasteiger partial charge on any atom is 0.0740 e. The third-order valence-corrected chi connectivity index (χ3v) is 11.8. The Morgan fingerprint density at radius 2 is 0.667 bits per heavy atom. The molecule has 0 aromatic heterocycles. The molecule has 0 saturated carbocycles. The van der Waals surface area contributed by atoms with Crippen molar-refractivity contribution in [1.29, 1.82) is 0 Å². The van der Waals surface area contributed by atoms with Crippen LogP contribution in [-0.4, -0.2) is 16.1 Å². The Kier molecular flexibility index (Phi) is 4.63. The fourth-order valence-electron chi connectivity index (χ4n) is 6.23. The second-order valence-corrected chi connectivity index (χ2v) is 22.4. The minimum Gasteiger partial charge on any atom is -0.0668 e. The summed E-state index contributed by atoms with van der Waals surface area (Å²) in [6.45, 7) is 24.4. The molecule has 2 aliphatic carbocycles. The Labute approximate surface area is 186 Å². The Hall–Kier alpha value is -1.65. The van der Waals surface area contributed by atoms with Gasteiger partial charge in [-0.15, -0.1) is 0 Å². The molecule has 2 aromatic carbocycles. The molecule has 0 heterocycles. The van der Waals surface area contributed by atoms with Gasteiger partial charge in [0.2, 0.25) is 0 Å². The molecule has 2 heteroatoms. The summed E-state index contributed by atoms with van der Waals surface area (Å²) in [6.07, 6.45) is 0. The summed E-state index contributed by atoms with van der Waals surface area (Å²) in [5, 5.41) is 3.48. The van der Waals surface area contributed by atoms with E-state index in [2.05, 4.69) is 116 Å². The predicted molar refractivity (Wildman–Crippen MR) is 140 cm³/mol. The van der Waals surface area contributed by atoms with E-state index in [1.54, 1.807) is 21.5 Å². The number of benzene rings is 2. The fraction of sp³-hybridized carbons (Fsp3) is 0.429. The van der Waals surface area contributed by atoms with Crippen molar-refractivity contribution in [3.8, 4) is 11.1 Å². The summed E-state index contributed by atoms with van der Waals surface area (Å²) in [4.78, 5) is 0. The van der Waals surface area contributed by atoms with Crippen molar-refractivity contribution in [1.82, 2.24) is 0 Å². The van der Waals surface area contributed by atoms with Gasteiger partial charge < -0.3 is 0 Å². The van der Waals surface area contributed by atoms with E-state index in [-0.39, 0.29) is 0 Å². The van der Waals surface area contributed by atoms with E-state index >= 15 is 0 Å². The van der Waals surface area contributed by atoms with Gasteiger partial charge in [-0.2, -0.15) is 0 Å². The zero-order valence-electron chi connectivity index (χ0n) is 20.6. The average Bonchev–Trinajstić information content (AvgIpc) is 3.42. The SMILES string of the molecule is CC1(C)C(c2ccc(-c3ccc(C4=C([Si](C)(C)C)C4(C)C)cc3)cc2)=C1[Si](C)(C)C. The maximum absolute atomic E-state index is 2.47. The van der Waals surface area contributed by atoms with Crippen LogP contribution >= 0.6 is 0 Å². The normalized spacial score (nSPS) is 19.9. The van der Waals surface area contributed by atoms with E-state index < -0.39 is 16.1 Å². The van der Waals surface area contributed by atoms with E-state index in [0.717, 1.165) is 0 Å². The lowest BCUT2D eigenvalue weighted by Crippen LogP contribution is -2.22. The van der Waals surface area contributed by atoms with E-state index in [0.29, 0.717) is 10.8 Å². The molecular weight excluding hydrogens is 392 g/mol. The highest BCUT2D eigenvalue weighted by Crippen LogP contribution is 2.62. The third kappa shape index (κ3) is 3.42. The van der Waals surface area contributed by atoms with Crippen LogP contribution in [0.25, 0.3) is 22.3 Å². The summed E-state index contributed by atoms with van der Waals surface area (Å²) in [7, 11) is -2.49. The van der Waals surface area contributed by atoms with Gasteiger partial charge in [-0.25, -0.2) is 0 Å². The Bertz CT molecular complexity index is 972. The van der Waals surface area contributed by atoms with Gasteiger partial charge in [-0.3, -0.25) is 0 Å². The topological polar surface area (TPSA) is 0 Å². The quantitative estimate of drug-likeness (QED) is 0.416. The number of hydrogen-bond acceptors (Lipinski definition) is 0. The lowest BCUT2D eigenvalue weighted by atomic mass is 9.96. The number of hydrogen-bond donors (Lipinski definition) is 0. The van der Waals surface area contributed by atoms with Crippen molar-refractivity contribution < 1.29 is 0 Å². The molecule has 2 aliphatic rings. The standard InChI is InChI=1S/C28H38Si2/c1-27(2)23(25(27)29(5,6)7)21-15-11-19(12-16-21)20-13-17-22(18-14-20)24-26(28(24,3)4)30(8,9)10/h11-18H,1-10H3. The second-order valence-electron chi connectivity index (χ2n) is 12.4. The molecule has 0 radical (unpaired) electrons. The van der Waals surface area contributed by atoms with Crippen LogP contribution < -0.4 is 0 Å². The first-order chi connectivity index (χ1) is 13.7. The molecule has 4 rings (SSSR count). The Balaban J connectivity index is 1.59. The van der Waals surface area contributed by atoms with Crippen molar-refractivity contribution in [2.75, 3.05) is 0 Å². The first kappa shape index (κ1) is 21.6. The number of rotatable bonds is 5. The van der Waals surface area contributed by atoms with Crippen LogP contribution in [0.3, 0.4) is 0 Å². The van der Waals surface area contributed by atoms with Gasteiger partial charge in [0, 0.05) is 10.8 Å². The molecule has 0 N–H and O–H groups in total. The van der Waals surface area contributed by atoms with Crippen molar-refractivity contribution in [2.45, 2.75) is 67.0 Å². The Morgan fingerprint density at radius 1 is 0.433 bits per heavy atom. The number of allylic oxidation sites excluding steroid dienone is 4. The van der Waals surface area contributed by atoms with Crippen molar-refractivity contribution >= 4 is 27.3 Å². The molecule has 30 heavy (non-hydrogen) atoms. The van der Waals surface area contributed by atoms with Crippen LogP contribution in [0.2, 0.25) is 39.3 Å². The fourth-order valence-corrected chi connectivity index (χ4v) is 12.5. The molecule has 158 valence electrons. The van der Waals surface area contributed by atoms with Crippen molar-refractivity contribution in [3.63, 3.8) is 0 Å². The van der Waals surface area contributed by atoms with Crippen LogP contribution in [0, 0.1) is 10.8 Å². The van der Waals surface area contributed by atoms with Gasteiger partial charge in [0.15, 0.2) is 0 Å². The van der Waals surface area contributed by atoms with Crippen LogP contribution in [0.15, 0.2) is 58.9 Å². The minimum atomic E-state index is -1.25. The van der Waals surface area contributed by atoms with Gasteiger partial charge >= 0.3 is 0 Å². The van der Waals surface area contributed by atoms with Crippen LogP contribution in [0.5, 0.6) is 0 Å². The summed E-state index contributed by atoms with van der Waals surface area (Å²) >= 11 is 0. The summed E-state index contributed by atoms with van der Waals surface area (Å²) in [5.41, 5.74) is 9.27. The van der Waals surface area contributed by atoms with Crippen molar-refractivity contribution in [2.24, 2.45) is 10.8 Å². The predicted octanol–water partition coefficient (Wildman–Crippen LogP) is 8.70. The smallest absolute Gasteiger partial charge is 0.0668 e. The highest BCUT2D eigenvalue weighted by atomic mass is 28.3. The zero-order valence-corrected chi connectivity index (χ0v) is 22.6. The lowest BCUT2D eigenvalue weighted by molar-refractivity contribution is 0.730. The second kappa shape index (κ2) is 6.43. The largest absolute Gasteiger partial charge is 0.0740 e. The first-order valence-corrected chi connectivity index (χ1v) is 18.4. The summed E-state index contributed by atoms with van der Waals surface area (Å²) < 4.78 is 0. The van der Waals surface area contributed by atoms with Crippen LogP contribution in [0.1, 0.15) is 38.8 Å². The molecule has 0 saturated heterocycles. The van der Waals surface area contributed by atoms with E-state index in [1.165, 1.54) is 22.3 Å². The molecule has 0 unspecified atom stereocenters. The molecule has 0 nitrogen and oxygen atoms in total. The molecule has 0 atom stereocenters. The first-order valence-electron chi connectivity index (χ1n) is 11.4. The molecule has 0 amide bonds. The average molecular weight is 431 g/mol. The van der Waals surface area contributed by atoms with Gasteiger partial charge in [-0.05, 0) is 33.4 Å². The maximum atomic E-state index is 2.47. The molecule has 0 bridgehead atoms. The molecule has 0 aliphatic heterocycles. The molecule has 0 spiro atoms. The van der Waals surface area contributed by atoms with Gasteiger partial charge in [0.1, 0.15) is 0 Å². The molecule has 0 fully saturated rings. The highest BCUT2D eigenvalue weighted by Gasteiger charge is 2.51. The van der Waals surface area contributed by atoms with Crippen LogP contribution in [0.4, 0.5) is 0 Å². The molecule has 2 aromatic rings. The van der Waals surface area contributed by atoms with E-state index in [4.69, 9.17) is 0 Å². The minimum absolute atomic E-state index is 0.298. The Morgan fingerprint density at radius 3 is 0.867 bits per heavy atom. The molecular formula is C28H38Si2. The highest BCUT2D eigenvalue weighted by molar-refractivity contribution is 6.86. The third-order valence-electron chi connectivity index (χ3n) is 7.06. The monoisotopic (exact) mass is 430 g/mol. The lowest BCUT2D eigenvalue weighted by Gasteiger charge is -2.16. The van der Waals surface area contributed by atoms with Gasteiger partial charge in [0.25, 0.3) is 0 Å². The zero-order chi connectivity index (χ0) is 22.3. The van der Waals surface area contributed by atoms with Gasteiger partial charge in [0.05, 0.1) is 16.1 Å². The van der Waals surface area contributed by atoms with E-state index in [9.17, 15) is 0 Å². The van der Waals surface area contributed by atoms with Crippen molar-refractivity contribution in [3.05, 3.63) is 70.1 Å². The van der Waals surface area contributed by atoms with E-state index in [1.807, 2.05) is 0 Å². The summed E-state index contributed by atoms with van der Waals surface area (Å²) in [6, 6.07) is 18.6. The summed E-state index contributed by atoms with van der Waals surface area (Å²) in [5.74, 6) is 0. The van der Waals surface area contributed by atoms with Crippen LogP contribution in [-0.2, 0) is 0 Å². The van der Waals surface area contributed by atoms with Gasteiger partial charge in [-0.1, -0.05) is 126 Å².